The first-order valence-electron chi connectivity index (χ1n) is 19.8. The van der Waals surface area contributed by atoms with Crippen LogP contribution in [0.25, 0.3) is 0 Å². The number of rotatable bonds is 18. The van der Waals surface area contributed by atoms with E-state index in [2.05, 4.69) is 6.58 Å². The minimum atomic E-state index is -0.890. The molecule has 2 saturated heterocycles. The number of ether oxygens (including phenoxy) is 10. The number of carbonyl (C=O) groups is 7. The Morgan fingerprint density at radius 1 is 0.508 bits per heavy atom. The lowest BCUT2D eigenvalue weighted by Crippen LogP contribution is -2.36. The zero-order valence-corrected chi connectivity index (χ0v) is 33.9. The number of esters is 6. The smallest absolute Gasteiger partial charge is 0.463 e. The standard InChI is InChI=1S/C46H42O17/c1-3-39(48)54-24-6-4-5-7-25-55-46(53)61-36-22-14-30(15-23-36)43(50)59-34-18-10-29(11-19-34)42(49)60-35-20-12-32(13-21-35)45(52)63-38-27-57-40-37(26-56-41(38)40)62-44(51)31-8-16-33(17-9-31)58-28(2)47/h3,8-23,37-38,40-41H,1,4-7,24-27H2,2H3/t37-,38-,40?,41?/m0/s1. The zero-order valence-electron chi connectivity index (χ0n) is 33.9. The van der Waals surface area contributed by atoms with Gasteiger partial charge in [-0.15, -0.1) is 0 Å². The Morgan fingerprint density at radius 3 is 1.27 bits per heavy atom. The molecule has 0 spiro atoms. The molecule has 0 bridgehead atoms. The summed E-state index contributed by atoms with van der Waals surface area (Å²) in [6.45, 7) is 5.11. The summed E-state index contributed by atoms with van der Waals surface area (Å²) in [6.07, 6.45) is 0.240. The average Bonchev–Trinajstić information content (AvgIpc) is 3.87. The molecule has 328 valence electrons. The van der Waals surface area contributed by atoms with Gasteiger partial charge in [-0.1, -0.05) is 6.58 Å². The van der Waals surface area contributed by atoms with E-state index < -0.39 is 66.4 Å². The maximum absolute atomic E-state index is 13.0. The van der Waals surface area contributed by atoms with Gasteiger partial charge >= 0.3 is 42.0 Å². The molecule has 4 atom stereocenters. The van der Waals surface area contributed by atoms with Crippen LogP contribution in [0.4, 0.5) is 4.79 Å². The highest BCUT2D eigenvalue weighted by Gasteiger charge is 2.51. The minimum absolute atomic E-state index is 0.0199. The second-order valence-corrected chi connectivity index (χ2v) is 13.9. The summed E-state index contributed by atoms with van der Waals surface area (Å²) in [6, 6.07) is 22.9. The predicted molar refractivity (Wildman–Crippen MR) is 216 cm³/mol. The van der Waals surface area contributed by atoms with E-state index in [1.165, 1.54) is 104 Å². The quantitative estimate of drug-likeness (QED) is 0.0264. The summed E-state index contributed by atoms with van der Waals surface area (Å²) in [4.78, 5) is 85.4. The molecule has 2 fully saturated rings. The molecule has 0 aromatic heterocycles. The first kappa shape index (κ1) is 45.2. The summed E-state index contributed by atoms with van der Waals surface area (Å²) >= 11 is 0. The summed E-state index contributed by atoms with van der Waals surface area (Å²) < 4.78 is 53.8. The van der Waals surface area contributed by atoms with Crippen molar-refractivity contribution in [2.45, 2.75) is 57.0 Å². The van der Waals surface area contributed by atoms with Crippen molar-refractivity contribution in [3.63, 3.8) is 0 Å². The van der Waals surface area contributed by atoms with Crippen LogP contribution in [0.2, 0.25) is 0 Å². The molecule has 0 radical (unpaired) electrons. The molecule has 0 aliphatic carbocycles. The van der Waals surface area contributed by atoms with E-state index in [0.29, 0.717) is 19.4 Å². The Kier molecular flexibility index (Phi) is 15.7. The third kappa shape index (κ3) is 13.1. The van der Waals surface area contributed by atoms with Crippen molar-refractivity contribution in [1.29, 1.82) is 0 Å². The van der Waals surface area contributed by atoms with Gasteiger partial charge in [-0.2, -0.15) is 0 Å². The van der Waals surface area contributed by atoms with Crippen molar-refractivity contribution < 1.29 is 80.9 Å². The molecule has 0 amide bonds. The second kappa shape index (κ2) is 21.9. The lowest BCUT2D eigenvalue weighted by molar-refractivity contribution is -0.138. The first-order chi connectivity index (χ1) is 30.4. The molecule has 0 N–H and O–H groups in total. The lowest BCUT2D eigenvalue weighted by atomic mass is 10.1. The van der Waals surface area contributed by atoms with Crippen LogP contribution in [-0.4, -0.2) is 92.8 Å². The van der Waals surface area contributed by atoms with Crippen LogP contribution in [0.15, 0.2) is 110 Å². The van der Waals surface area contributed by atoms with Crippen LogP contribution in [0.1, 0.15) is 74.0 Å². The van der Waals surface area contributed by atoms with Crippen molar-refractivity contribution >= 4 is 42.0 Å². The van der Waals surface area contributed by atoms with E-state index in [-0.39, 0.29) is 65.1 Å². The molecule has 4 aromatic rings. The largest absolute Gasteiger partial charge is 0.513 e. The van der Waals surface area contributed by atoms with Gasteiger partial charge in [0.15, 0.2) is 12.2 Å². The molecular weight excluding hydrogens is 824 g/mol. The number of unbranched alkanes of at least 4 members (excludes halogenated alkanes) is 3. The van der Waals surface area contributed by atoms with Crippen molar-refractivity contribution in [1.82, 2.24) is 0 Å². The van der Waals surface area contributed by atoms with Gasteiger partial charge < -0.3 is 47.4 Å². The maximum Gasteiger partial charge on any atom is 0.513 e. The van der Waals surface area contributed by atoms with Gasteiger partial charge in [-0.05, 0) is 123 Å². The fourth-order valence-corrected chi connectivity index (χ4v) is 6.25. The highest BCUT2D eigenvalue weighted by molar-refractivity contribution is 5.93. The fourth-order valence-electron chi connectivity index (χ4n) is 6.25. The Balaban J connectivity index is 0.889. The molecule has 63 heavy (non-hydrogen) atoms. The second-order valence-electron chi connectivity index (χ2n) is 13.9. The van der Waals surface area contributed by atoms with Gasteiger partial charge in [0, 0.05) is 13.0 Å². The van der Waals surface area contributed by atoms with Crippen LogP contribution in [0.3, 0.4) is 0 Å². The summed E-state index contributed by atoms with van der Waals surface area (Å²) in [5, 5.41) is 0. The Hall–Kier alpha value is -7.37. The molecule has 2 aliphatic rings. The maximum atomic E-state index is 13.0. The average molecular weight is 867 g/mol. The van der Waals surface area contributed by atoms with Crippen molar-refractivity contribution in [3.05, 3.63) is 132 Å². The number of fused-ring (bicyclic) bond motifs is 1. The van der Waals surface area contributed by atoms with Crippen LogP contribution in [-0.2, 0) is 38.0 Å². The molecule has 17 heteroatoms. The highest BCUT2D eigenvalue weighted by Crippen LogP contribution is 2.32. The summed E-state index contributed by atoms with van der Waals surface area (Å²) in [5.41, 5.74) is 0.745. The van der Waals surface area contributed by atoms with Crippen LogP contribution < -0.4 is 18.9 Å². The van der Waals surface area contributed by atoms with E-state index in [4.69, 9.17) is 47.4 Å². The Labute approximate surface area is 360 Å². The van der Waals surface area contributed by atoms with E-state index in [1.54, 1.807) is 0 Å². The Morgan fingerprint density at radius 2 is 0.873 bits per heavy atom. The molecular formula is C46H42O17. The number of hydrogen-bond donors (Lipinski definition) is 0. The highest BCUT2D eigenvalue weighted by atomic mass is 16.7. The number of carbonyl (C=O) groups excluding carboxylic acids is 7. The molecule has 2 aliphatic heterocycles. The summed E-state index contributed by atoms with van der Waals surface area (Å²) in [5.74, 6) is -2.89. The molecule has 0 saturated carbocycles. The van der Waals surface area contributed by atoms with Gasteiger partial charge in [0.25, 0.3) is 0 Å². The summed E-state index contributed by atoms with van der Waals surface area (Å²) in [7, 11) is 0. The Bertz CT molecular complexity index is 2270. The molecule has 2 heterocycles. The molecule has 17 nitrogen and oxygen atoms in total. The van der Waals surface area contributed by atoms with E-state index in [0.717, 1.165) is 18.9 Å². The van der Waals surface area contributed by atoms with Gasteiger partial charge in [0.1, 0.15) is 35.2 Å². The van der Waals surface area contributed by atoms with E-state index >= 15 is 0 Å². The van der Waals surface area contributed by atoms with Crippen molar-refractivity contribution in [2.75, 3.05) is 26.4 Å². The van der Waals surface area contributed by atoms with Crippen molar-refractivity contribution in [3.8, 4) is 23.0 Å². The molecule has 6 rings (SSSR count). The van der Waals surface area contributed by atoms with E-state index in [9.17, 15) is 33.6 Å². The minimum Gasteiger partial charge on any atom is -0.463 e. The SMILES string of the molecule is C=CC(=O)OCCCCCCOC(=O)Oc1ccc(C(=O)Oc2ccc(C(=O)Oc3ccc(C(=O)O[C@H]4COC5C4OC[C@@H]5OC(=O)c4ccc(OC(C)=O)cc4)cc3)cc2)cc1. The van der Waals surface area contributed by atoms with Crippen LogP contribution >= 0.6 is 0 Å². The van der Waals surface area contributed by atoms with Crippen molar-refractivity contribution in [2.24, 2.45) is 0 Å². The monoisotopic (exact) mass is 866 g/mol. The van der Waals surface area contributed by atoms with E-state index in [1.807, 2.05) is 0 Å². The number of benzene rings is 4. The molecule has 4 aromatic carbocycles. The van der Waals surface area contributed by atoms with Gasteiger partial charge in [-0.25, -0.2) is 28.8 Å². The normalized spacial score (nSPS) is 17.3. The van der Waals surface area contributed by atoms with Gasteiger partial charge in [0.2, 0.25) is 0 Å². The lowest BCUT2D eigenvalue weighted by Gasteiger charge is -2.17. The third-order valence-corrected chi connectivity index (χ3v) is 9.39. The topological polar surface area (TPSA) is 212 Å². The third-order valence-electron chi connectivity index (χ3n) is 9.39. The predicted octanol–water partition coefficient (Wildman–Crippen LogP) is 6.40. The van der Waals surface area contributed by atoms with Gasteiger partial charge in [0.05, 0.1) is 48.7 Å². The van der Waals surface area contributed by atoms with Crippen LogP contribution in [0, 0.1) is 0 Å². The first-order valence-corrected chi connectivity index (χ1v) is 19.8. The van der Waals surface area contributed by atoms with Crippen LogP contribution in [0.5, 0.6) is 23.0 Å². The van der Waals surface area contributed by atoms with Gasteiger partial charge in [-0.3, -0.25) is 4.79 Å². The zero-order chi connectivity index (χ0) is 44.7. The number of hydrogen-bond acceptors (Lipinski definition) is 17. The fraction of sp³-hybridized carbons (Fsp3) is 0.283. The molecule has 2 unspecified atom stereocenters.